The molecule has 19 heavy (non-hydrogen) atoms. The molecule has 0 aromatic carbocycles. The molecule has 1 fully saturated rings. The summed E-state index contributed by atoms with van der Waals surface area (Å²) >= 11 is 1.53. The second-order valence-electron chi connectivity index (χ2n) is 5.71. The van der Waals surface area contributed by atoms with Crippen molar-refractivity contribution < 1.29 is 14.6 Å². The summed E-state index contributed by atoms with van der Waals surface area (Å²) in [5, 5.41) is 11.2. The quantitative estimate of drug-likeness (QED) is 0.636. The highest BCUT2D eigenvalue weighted by Crippen LogP contribution is 2.62. The van der Waals surface area contributed by atoms with Gasteiger partial charge >= 0.3 is 5.97 Å². The highest BCUT2D eigenvalue weighted by Gasteiger charge is 2.67. The minimum atomic E-state index is -0.840. The molecular formula is C15H20O3S. The van der Waals surface area contributed by atoms with Crippen LogP contribution in [0.2, 0.25) is 0 Å². The number of esters is 1. The molecule has 3 aliphatic carbocycles. The van der Waals surface area contributed by atoms with E-state index in [1.807, 2.05) is 12.3 Å². The van der Waals surface area contributed by atoms with Crippen LogP contribution >= 0.6 is 11.8 Å². The van der Waals surface area contributed by atoms with Crippen LogP contribution in [0.25, 0.3) is 0 Å². The van der Waals surface area contributed by atoms with Crippen LogP contribution in [0.15, 0.2) is 23.8 Å². The first-order valence-corrected chi connectivity index (χ1v) is 8.06. The second-order valence-corrected chi connectivity index (χ2v) is 6.79. The summed E-state index contributed by atoms with van der Waals surface area (Å²) in [6, 6.07) is 0. The fourth-order valence-corrected chi connectivity index (χ4v) is 5.39. The number of carbonyl (C=O) groups excluding carboxylic acids is 1. The molecule has 0 aromatic rings. The lowest BCUT2D eigenvalue weighted by molar-refractivity contribution is -0.145. The lowest BCUT2D eigenvalue weighted by Gasteiger charge is -2.35. The van der Waals surface area contributed by atoms with Gasteiger partial charge in [0.15, 0.2) is 0 Å². The van der Waals surface area contributed by atoms with Crippen molar-refractivity contribution in [3.05, 3.63) is 23.8 Å². The number of hydrogen-bond donors (Lipinski definition) is 1. The Balaban J connectivity index is 2.02. The summed E-state index contributed by atoms with van der Waals surface area (Å²) in [4.78, 5) is 12.3. The van der Waals surface area contributed by atoms with Crippen LogP contribution in [0.5, 0.6) is 0 Å². The smallest absolute Gasteiger partial charge is 0.323 e. The van der Waals surface area contributed by atoms with Crippen LogP contribution < -0.4 is 0 Å². The highest BCUT2D eigenvalue weighted by atomic mass is 32.2. The molecule has 2 bridgehead atoms. The topological polar surface area (TPSA) is 46.5 Å². The Labute approximate surface area is 118 Å². The minimum Gasteiger partial charge on any atom is -0.468 e. The molecule has 0 heterocycles. The van der Waals surface area contributed by atoms with Crippen LogP contribution in [0.1, 0.15) is 25.7 Å². The predicted octanol–water partition coefficient (Wildman–Crippen LogP) is 2.31. The number of allylic oxidation sites excluding steroid dienone is 2. The molecule has 3 nitrogen and oxygen atoms in total. The van der Waals surface area contributed by atoms with E-state index in [4.69, 9.17) is 4.74 Å². The summed E-state index contributed by atoms with van der Waals surface area (Å²) in [7, 11) is 1.44. The molecule has 0 aliphatic heterocycles. The highest BCUT2D eigenvalue weighted by molar-refractivity contribution is 8.00. The van der Waals surface area contributed by atoms with Crippen molar-refractivity contribution in [3.63, 3.8) is 0 Å². The van der Waals surface area contributed by atoms with Gasteiger partial charge in [-0.15, -0.1) is 11.8 Å². The van der Waals surface area contributed by atoms with Crippen LogP contribution in [0.3, 0.4) is 0 Å². The number of hydrogen-bond acceptors (Lipinski definition) is 4. The number of aliphatic hydroxyl groups is 1. The summed E-state index contributed by atoms with van der Waals surface area (Å²) in [5.41, 5.74) is 0.291. The lowest BCUT2D eigenvalue weighted by Crippen LogP contribution is -2.47. The third-order valence-corrected chi connectivity index (χ3v) is 6.43. The molecule has 0 unspecified atom stereocenters. The van der Waals surface area contributed by atoms with Crippen LogP contribution in [-0.2, 0) is 9.53 Å². The van der Waals surface area contributed by atoms with Crippen molar-refractivity contribution in [1.29, 1.82) is 0 Å². The van der Waals surface area contributed by atoms with Crippen molar-refractivity contribution in [3.8, 4) is 0 Å². The molecule has 3 rings (SSSR count). The summed E-state index contributed by atoms with van der Waals surface area (Å²) in [6.07, 6.45) is 12.0. The zero-order valence-electron chi connectivity index (χ0n) is 11.4. The van der Waals surface area contributed by atoms with Gasteiger partial charge in [-0.3, -0.25) is 4.79 Å². The van der Waals surface area contributed by atoms with Crippen molar-refractivity contribution in [2.24, 2.45) is 11.8 Å². The molecule has 0 spiro atoms. The van der Waals surface area contributed by atoms with Crippen molar-refractivity contribution >= 4 is 17.7 Å². The fourth-order valence-electron chi connectivity index (χ4n) is 4.15. The van der Waals surface area contributed by atoms with E-state index in [0.717, 1.165) is 24.8 Å². The normalized spacial score (nSPS) is 43.6. The molecule has 4 atom stereocenters. The molecular weight excluding hydrogens is 260 g/mol. The van der Waals surface area contributed by atoms with Gasteiger partial charge in [0.25, 0.3) is 0 Å². The van der Waals surface area contributed by atoms with E-state index < -0.39 is 10.3 Å². The maximum atomic E-state index is 12.3. The number of ether oxygens (including phenoxy) is 1. The Kier molecular flexibility index (Phi) is 3.06. The Morgan fingerprint density at radius 1 is 1.53 bits per heavy atom. The number of fused-ring (bicyclic) bond motifs is 2. The average Bonchev–Trinajstić information content (AvgIpc) is 3.11. The van der Waals surface area contributed by atoms with Gasteiger partial charge in [0.05, 0.1) is 12.7 Å². The Morgan fingerprint density at radius 2 is 2.32 bits per heavy atom. The number of thioether (sulfide) groups is 1. The molecule has 1 N–H and O–H groups in total. The summed E-state index contributed by atoms with van der Waals surface area (Å²) in [6.45, 7) is 0. The first-order valence-electron chi connectivity index (χ1n) is 6.83. The average molecular weight is 280 g/mol. The van der Waals surface area contributed by atoms with Crippen LogP contribution in [0.4, 0.5) is 0 Å². The van der Waals surface area contributed by atoms with E-state index in [-0.39, 0.29) is 17.8 Å². The fraction of sp³-hybridized carbons (Fsp3) is 0.667. The van der Waals surface area contributed by atoms with E-state index in [2.05, 4.69) is 12.2 Å². The Hall–Kier alpha value is -0.740. The predicted molar refractivity (Wildman–Crippen MR) is 75.9 cm³/mol. The number of carbonyl (C=O) groups is 1. The van der Waals surface area contributed by atoms with Gasteiger partial charge in [0, 0.05) is 11.8 Å². The van der Waals surface area contributed by atoms with Crippen LogP contribution in [0, 0.1) is 11.8 Å². The van der Waals surface area contributed by atoms with Gasteiger partial charge in [-0.25, -0.2) is 0 Å². The van der Waals surface area contributed by atoms with E-state index in [1.165, 1.54) is 18.9 Å². The SMILES string of the molecule is COC(=O)[C@]1(SC)[C@H]2C=C[C@H]1C[C@@]2(O)C1=CCCC1. The van der Waals surface area contributed by atoms with E-state index in [9.17, 15) is 9.90 Å². The Morgan fingerprint density at radius 3 is 2.89 bits per heavy atom. The zero-order chi connectivity index (χ0) is 13.7. The van der Waals surface area contributed by atoms with Gasteiger partial charge < -0.3 is 9.84 Å². The molecule has 0 radical (unpaired) electrons. The second kappa shape index (κ2) is 4.38. The minimum absolute atomic E-state index is 0.0754. The lowest BCUT2D eigenvalue weighted by atomic mass is 9.79. The third kappa shape index (κ3) is 1.53. The van der Waals surface area contributed by atoms with Crippen molar-refractivity contribution in [1.82, 2.24) is 0 Å². The molecule has 3 aliphatic rings. The maximum absolute atomic E-state index is 12.3. The zero-order valence-corrected chi connectivity index (χ0v) is 12.2. The summed E-state index contributed by atoms with van der Waals surface area (Å²) < 4.78 is 4.40. The molecule has 104 valence electrons. The number of rotatable bonds is 3. The number of methoxy groups -OCH3 is 1. The molecule has 1 saturated carbocycles. The molecule has 0 aromatic heterocycles. The maximum Gasteiger partial charge on any atom is 0.323 e. The van der Waals surface area contributed by atoms with Crippen molar-refractivity contribution in [2.45, 2.75) is 36.0 Å². The van der Waals surface area contributed by atoms with Crippen LogP contribution in [-0.4, -0.2) is 34.8 Å². The standard InChI is InChI=1S/C15H20O3S/c1-18-13(16)15(19-2)11-7-8-12(15)14(17,9-11)10-5-3-4-6-10/h5,7-8,11-12,17H,3-4,6,9H2,1-2H3/t11-,12-,14+,15+/m0/s1. The molecule has 0 saturated heterocycles. The molecule has 0 amide bonds. The third-order valence-electron chi connectivity index (χ3n) is 5.03. The molecule has 4 heteroatoms. The van der Waals surface area contributed by atoms with Gasteiger partial charge in [0.2, 0.25) is 0 Å². The van der Waals surface area contributed by atoms with Gasteiger partial charge in [-0.05, 0) is 37.5 Å². The monoisotopic (exact) mass is 280 g/mol. The van der Waals surface area contributed by atoms with E-state index in [1.54, 1.807) is 0 Å². The Bertz CT molecular complexity index is 470. The van der Waals surface area contributed by atoms with E-state index >= 15 is 0 Å². The first-order chi connectivity index (χ1) is 9.09. The van der Waals surface area contributed by atoms with Gasteiger partial charge in [-0.1, -0.05) is 18.2 Å². The first kappa shape index (κ1) is 13.3. The van der Waals surface area contributed by atoms with Crippen molar-refractivity contribution in [2.75, 3.05) is 13.4 Å². The largest absolute Gasteiger partial charge is 0.468 e. The van der Waals surface area contributed by atoms with E-state index in [0.29, 0.717) is 6.42 Å². The summed E-state index contributed by atoms with van der Waals surface area (Å²) in [5.74, 6) is -0.280. The van der Waals surface area contributed by atoms with Gasteiger partial charge in [0.1, 0.15) is 4.75 Å². The van der Waals surface area contributed by atoms with Gasteiger partial charge in [-0.2, -0.15) is 0 Å².